The summed E-state index contributed by atoms with van der Waals surface area (Å²) in [4.78, 5) is 0. The Labute approximate surface area is 141 Å². The van der Waals surface area contributed by atoms with Gasteiger partial charge < -0.3 is 4.43 Å². The lowest BCUT2D eigenvalue weighted by Gasteiger charge is -2.38. The van der Waals surface area contributed by atoms with Gasteiger partial charge in [-0.15, -0.1) is 0 Å². The van der Waals surface area contributed by atoms with Gasteiger partial charge in [-0.1, -0.05) is 81.4 Å². The van der Waals surface area contributed by atoms with Crippen LogP contribution in [-0.4, -0.2) is 14.4 Å². The van der Waals surface area contributed by atoms with E-state index in [4.69, 9.17) is 4.43 Å². The fourth-order valence-electron chi connectivity index (χ4n) is 1.66. The largest absolute Gasteiger partial charge is 0.410 e. The maximum absolute atomic E-state index is 6.47. The Balaban J connectivity index is 4.38. The van der Waals surface area contributed by atoms with Crippen LogP contribution in [0, 0.1) is 0 Å². The first-order chi connectivity index (χ1) is 9.24. The van der Waals surface area contributed by atoms with Crippen LogP contribution in [-0.2, 0) is 4.43 Å². The minimum absolute atomic E-state index is 0.232. The fraction of sp³-hybridized carbons (Fsp3) is 0.765. The molecule has 0 aliphatic heterocycles. The third-order valence-corrected chi connectivity index (χ3v) is 8.97. The molecule has 0 bridgehead atoms. The Kier molecular flexibility index (Phi) is 10.4. The number of hydrogen-bond donors (Lipinski definition) is 0. The first-order valence-corrected chi connectivity index (χ1v) is 12.0. The van der Waals surface area contributed by atoms with E-state index in [1.165, 1.54) is 25.7 Å². The molecule has 0 amide bonds. The summed E-state index contributed by atoms with van der Waals surface area (Å²) in [6.45, 7) is 13.8. The Morgan fingerprint density at radius 3 is 2.30 bits per heavy atom. The molecule has 0 aromatic rings. The number of hydrogen-bond acceptors (Lipinski definition) is 1. The number of unbranched alkanes of at least 4 members (excludes halogenated alkanes) is 3. The normalized spacial score (nSPS) is 15.3. The maximum atomic E-state index is 6.47. The lowest BCUT2D eigenvalue weighted by atomic mass is 10.1. The number of halogens is 1. The predicted octanol–water partition coefficient (Wildman–Crippen LogP) is 6.85. The molecule has 0 aliphatic rings. The molecule has 0 radical (unpaired) electrons. The van der Waals surface area contributed by atoms with E-state index < -0.39 is 8.32 Å². The van der Waals surface area contributed by atoms with Crippen LogP contribution in [0.3, 0.4) is 0 Å². The molecule has 0 fully saturated rings. The molecule has 20 heavy (non-hydrogen) atoms. The average molecular weight is 408 g/mol. The van der Waals surface area contributed by atoms with Crippen LogP contribution in [0.25, 0.3) is 0 Å². The first kappa shape index (κ1) is 20.4. The highest BCUT2D eigenvalue weighted by molar-refractivity contribution is 14.1. The van der Waals surface area contributed by atoms with Gasteiger partial charge in [0.05, 0.1) is 6.10 Å². The molecule has 1 nitrogen and oxygen atoms in total. The molecule has 0 aromatic heterocycles. The van der Waals surface area contributed by atoms with Crippen molar-refractivity contribution in [3.8, 4) is 0 Å². The van der Waals surface area contributed by atoms with Crippen molar-refractivity contribution in [2.24, 2.45) is 0 Å². The molecule has 0 aliphatic carbocycles. The van der Waals surface area contributed by atoms with Crippen molar-refractivity contribution in [2.45, 2.75) is 84.0 Å². The lowest BCUT2D eigenvalue weighted by Crippen LogP contribution is -2.43. The summed E-state index contributed by atoms with van der Waals surface area (Å²) in [5.41, 5.74) is 0. The minimum Gasteiger partial charge on any atom is -0.410 e. The summed E-state index contributed by atoms with van der Waals surface area (Å²) in [5.74, 6) is 0. The topological polar surface area (TPSA) is 9.23 Å². The minimum atomic E-state index is -1.67. The van der Waals surface area contributed by atoms with Gasteiger partial charge in [0.15, 0.2) is 8.32 Å². The van der Waals surface area contributed by atoms with Gasteiger partial charge >= 0.3 is 0 Å². The molecule has 0 spiro atoms. The van der Waals surface area contributed by atoms with Gasteiger partial charge in [-0.2, -0.15) is 0 Å². The van der Waals surface area contributed by atoms with E-state index in [0.717, 1.165) is 6.42 Å². The van der Waals surface area contributed by atoms with Gasteiger partial charge in [0.25, 0.3) is 0 Å². The standard InChI is InChI=1S/C17H33IOSi/c1-7-8-9-10-11-12-13-16(14-15-18)19-20(5,6)17(2,3)4/h11-12,14-16H,7-10,13H2,1-6H3/b12-11-,15-14+/t16-/m1/s1. The molecule has 0 aromatic carbocycles. The number of rotatable bonds is 9. The van der Waals surface area contributed by atoms with Crippen molar-refractivity contribution in [3.63, 3.8) is 0 Å². The van der Waals surface area contributed by atoms with Gasteiger partial charge in [-0.3, -0.25) is 0 Å². The highest BCUT2D eigenvalue weighted by Crippen LogP contribution is 2.37. The van der Waals surface area contributed by atoms with Gasteiger partial charge in [0.2, 0.25) is 0 Å². The summed E-state index contributed by atoms with van der Waals surface area (Å²) in [5, 5.41) is 0.273. The third kappa shape index (κ3) is 8.62. The van der Waals surface area contributed by atoms with Crippen molar-refractivity contribution < 1.29 is 4.43 Å². The second-order valence-electron chi connectivity index (χ2n) is 6.94. The van der Waals surface area contributed by atoms with E-state index in [1.54, 1.807) is 0 Å². The van der Waals surface area contributed by atoms with Gasteiger partial charge in [-0.05, 0) is 41.5 Å². The second kappa shape index (κ2) is 10.2. The highest BCUT2D eigenvalue weighted by Gasteiger charge is 2.38. The first-order valence-electron chi connectivity index (χ1n) is 7.84. The van der Waals surface area contributed by atoms with Gasteiger partial charge in [-0.25, -0.2) is 0 Å². The van der Waals surface area contributed by atoms with Crippen molar-refractivity contribution >= 4 is 30.9 Å². The zero-order chi connectivity index (χ0) is 15.6. The predicted molar refractivity (Wildman–Crippen MR) is 103 cm³/mol. The summed E-state index contributed by atoms with van der Waals surface area (Å²) >= 11 is 2.29. The Hall–Kier alpha value is 0.387. The van der Waals surface area contributed by atoms with Crippen LogP contribution >= 0.6 is 22.6 Å². The summed E-state index contributed by atoms with van der Waals surface area (Å²) in [6, 6.07) is 0. The Bertz CT molecular complexity index is 303. The lowest BCUT2D eigenvalue weighted by molar-refractivity contribution is 0.228. The van der Waals surface area contributed by atoms with E-state index >= 15 is 0 Å². The van der Waals surface area contributed by atoms with Gasteiger partial charge in [0, 0.05) is 0 Å². The monoisotopic (exact) mass is 408 g/mol. The molecular weight excluding hydrogens is 375 g/mol. The van der Waals surface area contributed by atoms with E-state index in [1.807, 2.05) is 0 Å². The smallest absolute Gasteiger partial charge is 0.192 e. The van der Waals surface area contributed by atoms with E-state index in [0.29, 0.717) is 0 Å². The summed E-state index contributed by atoms with van der Waals surface area (Å²) in [7, 11) is -1.67. The molecule has 0 rings (SSSR count). The summed E-state index contributed by atoms with van der Waals surface area (Å²) < 4.78 is 8.55. The van der Waals surface area contributed by atoms with Crippen molar-refractivity contribution in [3.05, 3.63) is 22.3 Å². The molecule has 0 saturated carbocycles. The van der Waals surface area contributed by atoms with Gasteiger partial charge in [0.1, 0.15) is 0 Å². The quantitative estimate of drug-likeness (QED) is 0.175. The zero-order valence-corrected chi connectivity index (χ0v) is 17.4. The van der Waals surface area contributed by atoms with E-state index in [2.05, 4.69) is 85.7 Å². The molecule has 0 unspecified atom stereocenters. The molecule has 3 heteroatoms. The summed E-state index contributed by atoms with van der Waals surface area (Å²) in [6.07, 6.45) is 13.2. The molecule has 0 N–H and O–H groups in total. The average Bonchev–Trinajstić information content (AvgIpc) is 2.32. The Morgan fingerprint density at radius 2 is 1.80 bits per heavy atom. The van der Waals surface area contributed by atoms with Crippen LogP contribution in [0.15, 0.2) is 22.3 Å². The second-order valence-corrected chi connectivity index (χ2v) is 12.4. The molecular formula is C17H33IOSi. The number of allylic oxidation sites excluding steroid dienone is 1. The van der Waals surface area contributed by atoms with Crippen molar-refractivity contribution in [2.75, 3.05) is 0 Å². The fourth-order valence-corrected chi connectivity index (χ4v) is 3.41. The van der Waals surface area contributed by atoms with Crippen LogP contribution in [0.2, 0.25) is 18.1 Å². The van der Waals surface area contributed by atoms with E-state index in [-0.39, 0.29) is 11.1 Å². The Morgan fingerprint density at radius 1 is 1.15 bits per heavy atom. The SMILES string of the molecule is CCCCC/C=C\C[C@H](/C=C/I)O[Si](C)(C)C(C)(C)C. The van der Waals surface area contributed by atoms with Crippen LogP contribution in [0.1, 0.15) is 59.8 Å². The van der Waals surface area contributed by atoms with Crippen LogP contribution in [0.5, 0.6) is 0 Å². The van der Waals surface area contributed by atoms with E-state index in [9.17, 15) is 0 Å². The molecule has 1 atom stereocenters. The van der Waals surface area contributed by atoms with Crippen LogP contribution < -0.4 is 0 Å². The van der Waals surface area contributed by atoms with Crippen molar-refractivity contribution in [1.29, 1.82) is 0 Å². The zero-order valence-electron chi connectivity index (χ0n) is 14.2. The maximum Gasteiger partial charge on any atom is 0.192 e. The van der Waals surface area contributed by atoms with Crippen LogP contribution in [0.4, 0.5) is 0 Å². The molecule has 0 saturated heterocycles. The molecule has 0 heterocycles. The molecule has 118 valence electrons. The highest BCUT2D eigenvalue weighted by atomic mass is 127. The van der Waals surface area contributed by atoms with Crippen molar-refractivity contribution in [1.82, 2.24) is 0 Å². The third-order valence-electron chi connectivity index (χ3n) is 4.05.